The van der Waals surface area contributed by atoms with E-state index in [0.29, 0.717) is 25.1 Å². The number of halogens is 2. The zero-order valence-electron chi connectivity index (χ0n) is 18.4. The van der Waals surface area contributed by atoms with Gasteiger partial charge in [-0.15, -0.1) is 0 Å². The van der Waals surface area contributed by atoms with Gasteiger partial charge in [-0.25, -0.2) is 8.78 Å². The molecule has 5 rings (SSSR count). The number of pyridine rings is 1. The van der Waals surface area contributed by atoms with Gasteiger partial charge >= 0.3 is 0 Å². The van der Waals surface area contributed by atoms with Crippen LogP contribution in [-0.2, 0) is 26.6 Å². The maximum atomic E-state index is 14.1. The van der Waals surface area contributed by atoms with Crippen LogP contribution in [0, 0.1) is 18.6 Å². The Morgan fingerprint density at radius 3 is 2.68 bits per heavy atom. The Labute approximate surface area is 192 Å². The third-order valence-electron chi connectivity index (χ3n) is 6.42. The quantitative estimate of drug-likeness (QED) is 0.605. The first-order chi connectivity index (χ1) is 16.2. The number of carbonyl (C=O) groups is 2. The van der Waals surface area contributed by atoms with Crippen LogP contribution in [0.1, 0.15) is 49.3 Å². The Kier molecular flexibility index (Phi) is 4.99. The summed E-state index contributed by atoms with van der Waals surface area (Å²) in [6.45, 7) is 1.66. The van der Waals surface area contributed by atoms with Crippen molar-refractivity contribution in [2.45, 2.75) is 32.5 Å². The molecule has 2 N–H and O–H groups in total. The maximum absolute atomic E-state index is 14.1. The lowest BCUT2D eigenvalue weighted by Crippen LogP contribution is -2.44. The Bertz CT molecular complexity index is 1400. The van der Waals surface area contributed by atoms with E-state index in [1.165, 1.54) is 22.6 Å². The molecular formula is C23H21F2N5O4. The molecule has 2 aliphatic heterocycles. The Balaban J connectivity index is 1.51. The Morgan fingerprint density at radius 1 is 1.26 bits per heavy atom. The molecule has 1 aromatic carbocycles. The van der Waals surface area contributed by atoms with Gasteiger partial charge in [0.15, 0.2) is 11.4 Å². The monoisotopic (exact) mass is 469 g/mol. The van der Waals surface area contributed by atoms with Crippen LogP contribution < -0.4 is 10.7 Å². The lowest BCUT2D eigenvalue weighted by molar-refractivity contribution is 0.0653. The van der Waals surface area contributed by atoms with Crippen molar-refractivity contribution < 1.29 is 23.5 Å². The number of fused-ring (bicyclic) bond motifs is 5. The van der Waals surface area contributed by atoms with Crippen LogP contribution in [0.2, 0.25) is 0 Å². The van der Waals surface area contributed by atoms with Crippen molar-refractivity contribution in [3.63, 3.8) is 0 Å². The van der Waals surface area contributed by atoms with E-state index >= 15 is 0 Å². The van der Waals surface area contributed by atoms with Gasteiger partial charge in [0, 0.05) is 56.1 Å². The average Bonchev–Trinajstić information content (AvgIpc) is 3.01. The van der Waals surface area contributed by atoms with Crippen LogP contribution in [0.5, 0.6) is 5.75 Å². The molecule has 2 bridgehead atoms. The summed E-state index contributed by atoms with van der Waals surface area (Å²) in [4.78, 5) is 40.2. The van der Waals surface area contributed by atoms with E-state index in [1.807, 2.05) is 0 Å². The number of hydrogen-bond donors (Lipinski definition) is 2. The molecule has 4 heterocycles. The standard InChI is InChI=1S/C23H21F2N5O4/c1-11-3-16(24)14(17(25)4-11)7-26-22(33)15-10-30-13-5-18-12(6-27-28(18)2)8-29(9-13)23(34)19(30)21(32)20(15)31/h3-4,6,10,13,32H,5,7-9H2,1-2H3,(H,26,33). The number of nitrogens with one attached hydrogen (secondary N) is 1. The molecule has 0 saturated carbocycles. The Hall–Kier alpha value is -4.02. The minimum atomic E-state index is -1.03. The lowest BCUT2D eigenvalue weighted by Gasteiger charge is -2.34. The molecule has 2 aliphatic rings. The van der Waals surface area contributed by atoms with Gasteiger partial charge in [0.2, 0.25) is 5.43 Å². The fraction of sp³-hybridized carbons (Fsp3) is 0.304. The molecule has 11 heteroatoms. The predicted molar refractivity (Wildman–Crippen MR) is 115 cm³/mol. The fourth-order valence-electron chi connectivity index (χ4n) is 4.65. The second-order valence-electron chi connectivity index (χ2n) is 8.65. The van der Waals surface area contributed by atoms with Gasteiger partial charge in [-0.1, -0.05) is 0 Å². The molecule has 2 amide bonds. The molecule has 3 aromatic rings. The summed E-state index contributed by atoms with van der Waals surface area (Å²) in [7, 11) is 1.79. The molecule has 34 heavy (non-hydrogen) atoms. The molecule has 9 nitrogen and oxygen atoms in total. The number of aryl methyl sites for hydroxylation is 2. The van der Waals surface area contributed by atoms with Crippen molar-refractivity contribution in [1.82, 2.24) is 24.6 Å². The highest BCUT2D eigenvalue weighted by molar-refractivity contribution is 5.99. The minimum Gasteiger partial charge on any atom is -0.503 e. The molecule has 0 radical (unpaired) electrons. The van der Waals surface area contributed by atoms with Crippen molar-refractivity contribution in [1.29, 1.82) is 0 Å². The summed E-state index contributed by atoms with van der Waals surface area (Å²) in [6.07, 6.45) is 3.38. The SMILES string of the molecule is Cc1cc(F)c(CNC(=O)c2cn3c(c(O)c2=O)C(=O)N2Cc4cnn(C)c4CC3C2)c(F)c1. The highest BCUT2D eigenvalue weighted by atomic mass is 19.1. The Morgan fingerprint density at radius 2 is 1.97 bits per heavy atom. The zero-order valence-corrected chi connectivity index (χ0v) is 18.4. The van der Waals surface area contributed by atoms with Crippen LogP contribution in [0.15, 0.2) is 29.3 Å². The molecule has 176 valence electrons. The number of aromatic hydroxyl groups is 1. The molecule has 0 aliphatic carbocycles. The number of aromatic nitrogens is 3. The number of amides is 2. The number of hydrogen-bond acceptors (Lipinski definition) is 5. The molecule has 0 spiro atoms. The summed E-state index contributed by atoms with van der Waals surface area (Å²) < 4.78 is 31.4. The summed E-state index contributed by atoms with van der Waals surface area (Å²) in [6, 6.07) is 1.93. The minimum absolute atomic E-state index is 0.186. The van der Waals surface area contributed by atoms with E-state index in [1.54, 1.807) is 17.9 Å². The van der Waals surface area contributed by atoms with Gasteiger partial charge in [0.25, 0.3) is 11.8 Å². The van der Waals surface area contributed by atoms with Crippen molar-refractivity contribution >= 4 is 11.8 Å². The number of rotatable bonds is 3. The van der Waals surface area contributed by atoms with Gasteiger partial charge < -0.3 is 19.9 Å². The van der Waals surface area contributed by atoms with Crippen molar-refractivity contribution in [3.8, 4) is 5.75 Å². The highest BCUT2D eigenvalue weighted by Gasteiger charge is 2.38. The molecule has 1 atom stereocenters. The van der Waals surface area contributed by atoms with Crippen LogP contribution >= 0.6 is 0 Å². The molecule has 0 saturated heterocycles. The van der Waals surface area contributed by atoms with E-state index in [-0.39, 0.29) is 17.3 Å². The van der Waals surface area contributed by atoms with Gasteiger partial charge in [0.1, 0.15) is 17.2 Å². The first-order valence-corrected chi connectivity index (χ1v) is 10.7. The molecule has 1 unspecified atom stereocenters. The van der Waals surface area contributed by atoms with Gasteiger partial charge in [0.05, 0.1) is 12.2 Å². The van der Waals surface area contributed by atoms with Gasteiger partial charge in [-0.05, 0) is 24.6 Å². The topological polar surface area (TPSA) is 109 Å². The first-order valence-electron chi connectivity index (χ1n) is 10.7. The maximum Gasteiger partial charge on any atom is 0.274 e. The van der Waals surface area contributed by atoms with Crippen LogP contribution in [0.3, 0.4) is 0 Å². The summed E-state index contributed by atoms with van der Waals surface area (Å²) >= 11 is 0. The van der Waals surface area contributed by atoms with E-state index in [9.17, 15) is 28.3 Å². The van der Waals surface area contributed by atoms with E-state index in [0.717, 1.165) is 23.4 Å². The predicted octanol–water partition coefficient (Wildman–Crippen LogP) is 1.56. The first kappa shape index (κ1) is 21.8. The number of carbonyl (C=O) groups excluding carboxylic acids is 2. The second-order valence-corrected chi connectivity index (χ2v) is 8.65. The smallest absolute Gasteiger partial charge is 0.274 e. The highest BCUT2D eigenvalue weighted by Crippen LogP contribution is 2.33. The van der Waals surface area contributed by atoms with E-state index in [2.05, 4.69) is 10.4 Å². The van der Waals surface area contributed by atoms with Crippen molar-refractivity contribution in [3.05, 3.63) is 80.0 Å². The summed E-state index contributed by atoms with van der Waals surface area (Å²) in [5.41, 5.74) is 0.178. The normalized spacial score (nSPS) is 16.6. The van der Waals surface area contributed by atoms with Crippen LogP contribution in [-0.4, -0.2) is 42.7 Å². The van der Waals surface area contributed by atoms with Crippen LogP contribution in [0.25, 0.3) is 0 Å². The number of nitrogens with zero attached hydrogens (tertiary/aromatic N) is 4. The van der Waals surface area contributed by atoms with Crippen molar-refractivity contribution in [2.75, 3.05) is 6.54 Å². The van der Waals surface area contributed by atoms with Crippen molar-refractivity contribution in [2.24, 2.45) is 7.05 Å². The molecule has 2 aromatic heterocycles. The second kappa shape index (κ2) is 7.79. The number of benzene rings is 1. The van der Waals surface area contributed by atoms with Gasteiger partial charge in [-0.3, -0.25) is 19.1 Å². The third kappa shape index (κ3) is 3.35. The fourth-order valence-corrected chi connectivity index (χ4v) is 4.65. The summed E-state index contributed by atoms with van der Waals surface area (Å²) in [5, 5.41) is 17.2. The summed E-state index contributed by atoms with van der Waals surface area (Å²) in [5.74, 6) is -3.92. The third-order valence-corrected chi connectivity index (χ3v) is 6.42. The van der Waals surface area contributed by atoms with E-state index < -0.39 is 46.7 Å². The van der Waals surface area contributed by atoms with E-state index in [4.69, 9.17) is 0 Å². The molecular weight excluding hydrogens is 448 g/mol. The lowest BCUT2D eigenvalue weighted by atomic mass is 10.0. The largest absolute Gasteiger partial charge is 0.503 e. The zero-order chi connectivity index (χ0) is 24.3. The van der Waals surface area contributed by atoms with Crippen LogP contribution in [0.4, 0.5) is 8.78 Å². The van der Waals surface area contributed by atoms with Gasteiger partial charge in [-0.2, -0.15) is 5.10 Å². The molecule has 0 fully saturated rings. The average molecular weight is 469 g/mol.